The third kappa shape index (κ3) is 3.22. The largest absolute Gasteiger partial charge is 0.310 e. The second kappa shape index (κ2) is 6.41. The number of nitrogens with one attached hydrogen (secondary N) is 1. The summed E-state index contributed by atoms with van der Waals surface area (Å²) in [6, 6.07) is 2.39. The van der Waals surface area contributed by atoms with Gasteiger partial charge in [0.1, 0.15) is 11.6 Å². The number of likely N-dealkylation sites (N-methyl/N-ethyl adjacent to an activating group) is 1. The molecule has 108 valence electrons. The number of benzene rings is 1. The first-order valence-corrected chi connectivity index (χ1v) is 7.49. The van der Waals surface area contributed by atoms with Crippen LogP contribution in [0.2, 0.25) is 0 Å². The van der Waals surface area contributed by atoms with E-state index in [2.05, 4.69) is 10.3 Å². The van der Waals surface area contributed by atoms with Gasteiger partial charge in [0.15, 0.2) is 0 Å². The molecule has 2 nitrogen and oxygen atoms in total. The van der Waals surface area contributed by atoms with Crippen LogP contribution in [0.15, 0.2) is 17.5 Å². The third-order valence-electron chi connectivity index (χ3n) is 3.16. The van der Waals surface area contributed by atoms with E-state index in [0.29, 0.717) is 18.5 Å². The van der Waals surface area contributed by atoms with Gasteiger partial charge in [-0.25, -0.2) is 13.8 Å². The zero-order valence-electron chi connectivity index (χ0n) is 11.8. The highest BCUT2D eigenvalue weighted by atomic mass is 32.1. The lowest BCUT2D eigenvalue weighted by atomic mass is 10.00. The SMILES string of the molecule is CCNC(Cc1nc(C)cs1)c1c(F)ccc(C)c1F. The second-order valence-corrected chi connectivity index (χ2v) is 5.73. The van der Waals surface area contributed by atoms with E-state index >= 15 is 0 Å². The number of rotatable bonds is 5. The average Bonchev–Trinajstić information content (AvgIpc) is 2.80. The maximum Gasteiger partial charge on any atom is 0.133 e. The van der Waals surface area contributed by atoms with Crippen LogP contribution in [0, 0.1) is 25.5 Å². The highest BCUT2D eigenvalue weighted by Gasteiger charge is 2.22. The molecular formula is C15H18F2N2S. The van der Waals surface area contributed by atoms with Crippen molar-refractivity contribution >= 4 is 11.3 Å². The van der Waals surface area contributed by atoms with Crippen molar-refractivity contribution in [3.05, 3.63) is 51.0 Å². The van der Waals surface area contributed by atoms with Crippen LogP contribution in [0.3, 0.4) is 0 Å². The summed E-state index contributed by atoms with van der Waals surface area (Å²) in [4.78, 5) is 4.37. The minimum absolute atomic E-state index is 0.111. The molecule has 0 spiro atoms. The van der Waals surface area contributed by atoms with Gasteiger partial charge in [-0.05, 0) is 32.0 Å². The lowest BCUT2D eigenvalue weighted by Gasteiger charge is -2.19. The topological polar surface area (TPSA) is 24.9 Å². The fourth-order valence-electron chi connectivity index (χ4n) is 2.19. The maximum absolute atomic E-state index is 14.2. The van der Waals surface area contributed by atoms with Crippen molar-refractivity contribution in [3.63, 3.8) is 0 Å². The Labute approximate surface area is 121 Å². The molecule has 0 radical (unpaired) electrons. The quantitative estimate of drug-likeness (QED) is 0.904. The second-order valence-electron chi connectivity index (χ2n) is 4.79. The molecule has 1 heterocycles. The van der Waals surface area contributed by atoms with Crippen molar-refractivity contribution in [2.75, 3.05) is 6.54 Å². The first-order chi connectivity index (χ1) is 9.52. The van der Waals surface area contributed by atoms with Crippen LogP contribution < -0.4 is 5.32 Å². The summed E-state index contributed by atoms with van der Waals surface area (Å²) in [5, 5.41) is 5.98. The predicted molar refractivity (Wildman–Crippen MR) is 78.1 cm³/mol. The number of aromatic nitrogens is 1. The molecule has 1 aromatic heterocycles. The van der Waals surface area contributed by atoms with Crippen molar-refractivity contribution in [3.8, 4) is 0 Å². The van der Waals surface area contributed by atoms with E-state index in [4.69, 9.17) is 0 Å². The van der Waals surface area contributed by atoms with E-state index in [1.165, 1.54) is 23.5 Å². The first-order valence-electron chi connectivity index (χ1n) is 6.61. The third-order valence-corrected chi connectivity index (χ3v) is 4.15. The standard InChI is InChI=1S/C15H18F2N2S/c1-4-18-12(7-13-19-10(3)8-20-13)14-11(16)6-5-9(2)15(14)17/h5-6,8,12,18H,4,7H2,1-3H3. The van der Waals surface area contributed by atoms with E-state index in [1.54, 1.807) is 6.92 Å². The molecule has 5 heteroatoms. The Morgan fingerprint density at radius 1 is 1.30 bits per heavy atom. The molecule has 0 amide bonds. The Kier molecular flexibility index (Phi) is 4.83. The monoisotopic (exact) mass is 296 g/mol. The van der Waals surface area contributed by atoms with Crippen molar-refractivity contribution in [1.82, 2.24) is 10.3 Å². The molecule has 20 heavy (non-hydrogen) atoms. The van der Waals surface area contributed by atoms with Crippen LogP contribution in [-0.4, -0.2) is 11.5 Å². The van der Waals surface area contributed by atoms with E-state index in [9.17, 15) is 8.78 Å². The van der Waals surface area contributed by atoms with Crippen molar-refractivity contribution in [2.45, 2.75) is 33.2 Å². The van der Waals surface area contributed by atoms with Gasteiger partial charge in [0.05, 0.1) is 5.01 Å². The van der Waals surface area contributed by atoms with Gasteiger partial charge in [0, 0.05) is 29.1 Å². The van der Waals surface area contributed by atoms with Gasteiger partial charge in [0.25, 0.3) is 0 Å². The fourth-order valence-corrected chi connectivity index (χ4v) is 3.01. The van der Waals surface area contributed by atoms with Crippen molar-refractivity contribution in [2.24, 2.45) is 0 Å². The van der Waals surface area contributed by atoms with Crippen LogP contribution in [0.4, 0.5) is 8.78 Å². The Bertz CT molecular complexity index is 596. The van der Waals surface area contributed by atoms with Crippen LogP contribution in [0.5, 0.6) is 0 Å². The molecule has 1 atom stereocenters. The lowest BCUT2D eigenvalue weighted by Crippen LogP contribution is -2.25. The highest BCUT2D eigenvalue weighted by molar-refractivity contribution is 7.09. The molecular weight excluding hydrogens is 278 g/mol. The molecule has 0 aliphatic rings. The van der Waals surface area contributed by atoms with E-state index in [0.717, 1.165) is 10.7 Å². The zero-order chi connectivity index (χ0) is 14.7. The summed E-state index contributed by atoms with van der Waals surface area (Å²) < 4.78 is 28.3. The molecule has 1 unspecified atom stereocenters. The molecule has 2 rings (SSSR count). The highest BCUT2D eigenvalue weighted by Crippen LogP contribution is 2.27. The lowest BCUT2D eigenvalue weighted by molar-refractivity contribution is 0.470. The molecule has 1 N–H and O–H groups in total. The molecule has 0 saturated carbocycles. The fraction of sp³-hybridized carbons (Fsp3) is 0.400. The van der Waals surface area contributed by atoms with E-state index in [1.807, 2.05) is 19.2 Å². The first kappa shape index (κ1) is 15.1. The van der Waals surface area contributed by atoms with Gasteiger partial charge in [-0.2, -0.15) is 0 Å². The summed E-state index contributed by atoms with van der Waals surface area (Å²) in [6.45, 7) is 6.12. The van der Waals surface area contributed by atoms with Gasteiger partial charge >= 0.3 is 0 Å². The summed E-state index contributed by atoms with van der Waals surface area (Å²) in [5.41, 5.74) is 1.50. The van der Waals surface area contributed by atoms with Crippen LogP contribution in [-0.2, 0) is 6.42 Å². The van der Waals surface area contributed by atoms with Gasteiger partial charge in [-0.3, -0.25) is 0 Å². The number of hydrogen-bond acceptors (Lipinski definition) is 3. The minimum atomic E-state index is -0.507. The Hall–Kier alpha value is -1.33. The van der Waals surface area contributed by atoms with Crippen LogP contribution in [0.25, 0.3) is 0 Å². The van der Waals surface area contributed by atoms with E-state index in [-0.39, 0.29) is 5.56 Å². The maximum atomic E-state index is 14.2. The molecule has 2 aromatic rings. The van der Waals surface area contributed by atoms with Gasteiger partial charge in [-0.1, -0.05) is 13.0 Å². The summed E-state index contributed by atoms with van der Waals surface area (Å²) >= 11 is 1.52. The Morgan fingerprint density at radius 3 is 2.65 bits per heavy atom. The smallest absolute Gasteiger partial charge is 0.133 e. The van der Waals surface area contributed by atoms with Crippen molar-refractivity contribution in [1.29, 1.82) is 0 Å². The number of nitrogens with zero attached hydrogens (tertiary/aromatic N) is 1. The molecule has 1 aromatic carbocycles. The summed E-state index contributed by atoms with van der Waals surface area (Å²) in [5.74, 6) is -0.975. The van der Waals surface area contributed by atoms with Gasteiger partial charge in [-0.15, -0.1) is 11.3 Å². The summed E-state index contributed by atoms with van der Waals surface area (Å²) in [7, 11) is 0. The zero-order valence-corrected chi connectivity index (χ0v) is 12.7. The number of aryl methyl sites for hydroxylation is 2. The van der Waals surface area contributed by atoms with Crippen LogP contribution >= 0.6 is 11.3 Å². The van der Waals surface area contributed by atoms with Crippen molar-refractivity contribution < 1.29 is 8.78 Å². The minimum Gasteiger partial charge on any atom is -0.310 e. The molecule has 0 aliphatic heterocycles. The molecule has 0 bridgehead atoms. The van der Waals surface area contributed by atoms with Gasteiger partial charge < -0.3 is 5.32 Å². The Morgan fingerprint density at radius 2 is 2.05 bits per heavy atom. The predicted octanol–water partition coefficient (Wildman–Crippen LogP) is 3.93. The Balaban J connectivity index is 2.35. The average molecular weight is 296 g/mol. The number of halogens is 2. The molecule has 0 saturated heterocycles. The number of hydrogen-bond donors (Lipinski definition) is 1. The summed E-state index contributed by atoms with van der Waals surface area (Å²) in [6.07, 6.45) is 0.490. The van der Waals surface area contributed by atoms with Crippen LogP contribution in [0.1, 0.15) is 34.8 Å². The molecule has 0 fully saturated rings. The van der Waals surface area contributed by atoms with E-state index < -0.39 is 17.7 Å². The number of thiazole rings is 1. The molecule has 0 aliphatic carbocycles. The van der Waals surface area contributed by atoms with Gasteiger partial charge in [0.2, 0.25) is 0 Å². The normalized spacial score (nSPS) is 12.7.